The molecule has 0 aliphatic heterocycles. The number of carbonyl (C=O) groups is 1. The van der Waals surface area contributed by atoms with Crippen LogP contribution < -0.4 is 15.4 Å². The Labute approximate surface area is 169 Å². The summed E-state index contributed by atoms with van der Waals surface area (Å²) in [6.07, 6.45) is 1.71. The van der Waals surface area contributed by atoms with E-state index >= 15 is 0 Å². The van der Waals surface area contributed by atoms with Crippen LogP contribution in [0.3, 0.4) is 0 Å². The fraction of sp³-hybridized carbons (Fsp3) is 0.182. The van der Waals surface area contributed by atoms with Gasteiger partial charge < -0.3 is 15.4 Å². The Balaban J connectivity index is 1.60. The molecule has 1 amide bonds. The van der Waals surface area contributed by atoms with Crippen LogP contribution in [0.5, 0.6) is 5.75 Å². The number of amides is 1. The average Bonchev–Trinajstić information content (AvgIpc) is 2.69. The van der Waals surface area contributed by atoms with Crippen LogP contribution in [0.2, 0.25) is 5.02 Å². The second-order valence-electron chi connectivity index (χ2n) is 6.55. The van der Waals surface area contributed by atoms with E-state index in [1.807, 2.05) is 56.3 Å². The van der Waals surface area contributed by atoms with E-state index in [9.17, 15) is 4.79 Å². The fourth-order valence-electron chi connectivity index (χ4n) is 2.56. The highest BCUT2D eigenvalue weighted by Crippen LogP contribution is 2.18. The number of aromatic nitrogens is 1. The lowest BCUT2D eigenvalue weighted by Crippen LogP contribution is -2.14. The number of carbonyl (C=O) groups excluding carboxylic acids is 1. The number of anilines is 2. The second kappa shape index (κ2) is 9.24. The molecule has 0 spiro atoms. The smallest absolute Gasteiger partial charge is 0.274 e. The monoisotopic (exact) mass is 395 g/mol. The van der Waals surface area contributed by atoms with Crippen molar-refractivity contribution in [3.8, 4) is 5.75 Å². The molecule has 3 rings (SSSR count). The molecule has 0 aliphatic rings. The van der Waals surface area contributed by atoms with Gasteiger partial charge in [0.15, 0.2) is 0 Å². The molecule has 1 heterocycles. The number of halogens is 1. The zero-order valence-electron chi connectivity index (χ0n) is 15.8. The topological polar surface area (TPSA) is 63.2 Å². The van der Waals surface area contributed by atoms with Gasteiger partial charge in [-0.3, -0.25) is 9.78 Å². The summed E-state index contributed by atoms with van der Waals surface area (Å²) in [5, 5.41) is 6.84. The van der Waals surface area contributed by atoms with Crippen LogP contribution in [0, 0.1) is 0 Å². The van der Waals surface area contributed by atoms with Crippen molar-refractivity contribution < 1.29 is 9.53 Å². The quantitative estimate of drug-likeness (QED) is 0.563. The first-order chi connectivity index (χ1) is 13.5. The van der Waals surface area contributed by atoms with E-state index in [4.69, 9.17) is 16.3 Å². The maximum Gasteiger partial charge on any atom is 0.274 e. The number of hydrogen-bond donors (Lipinski definition) is 2. The molecule has 0 bridgehead atoms. The molecule has 0 radical (unpaired) electrons. The van der Waals surface area contributed by atoms with E-state index in [0.717, 1.165) is 17.0 Å². The third-order valence-corrected chi connectivity index (χ3v) is 4.14. The first-order valence-corrected chi connectivity index (χ1v) is 9.40. The zero-order valence-corrected chi connectivity index (χ0v) is 16.5. The number of hydrogen-bond acceptors (Lipinski definition) is 4. The average molecular weight is 396 g/mol. The summed E-state index contributed by atoms with van der Waals surface area (Å²) in [7, 11) is 0. The Morgan fingerprint density at radius 1 is 1.04 bits per heavy atom. The van der Waals surface area contributed by atoms with E-state index < -0.39 is 0 Å². The fourth-order valence-corrected chi connectivity index (χ4v) is 2.68. The van der Waals surface area contributed by atoms with Gasteiger partial charge in [0.2, 0.25) is 0 Å². The maximum atomic E-state index is 12.5. The lowest BCUT2D eigenvalue weighted by Gasteiger charge is -2.11. The maximum absolute atomic E-state index is 12.5. The van der Waals surface area contributed by atoms with E-state index in [2.05, 4.69) is 15.6 Å². The number of benzene rings is 2. The summed E-state index contributed by atoms with van der Waals surface area (Å²) in [6.45, 7) is 4.56. The molecule has 28 heavy (non-hydrogen) atoms. The Kier molecular flexibility index (Phi) is 6.50. The van der Waals surface area contributed by atoms with Crippen LogP contribution in [-0.2, 0) is 6.54 Å². The minimum Gasteiger partial charge on any atom is -0.491 e. The van der Waals surface area contributed by atoms with Gasteiger partial charge in [-0.1, -0.05) is 23.7 Å². The highest BCUT2D eigenvalue weighted by atomic mass is 35.5. The van der Waals surface area contributed by atoms with Gasteiger partial charge in [0, 0.05) is 29.1 Å². The first kappa shape index (κ1) is 19.7. The summed E-state index contributed by atoms with van der Waals surface area (Å²) >= 11 is 5.90. The third-order valence-electron chi connectivity index (χ3n) is 3.89. The molecule has 0 aliphatic carbocycles. The summed E-state index contributed by atoms with van der Waals surface area (Å²) in [5.74, 6) is 0.493. The predicted molar refractivity (Wildman–Crippen MR) is 113 cm³/mol. The number of pyridine rings is 1. The van der Waals surface area contributed by atoms with Crippen LogP contribution in [0.1, 0.15) is 29.9 Å². The molecule has 0 atom stereocenters. The molecule has 0 unspecified atom stereocenters. The summed E-state index contributed by atoms with van der Waals surface area (Å²) in [5.41, 5.74) is 2.93. The molecule has 0 fully saturated rings. The molecular formula is C22H22ClN3O2. The third kappa shape index (κ3) is 5.72. The van der Waals surface area contributed by atoms with Crippen molar-refractivity contribution in [3.63, 3.8) is 0 Å². The van der Waals surface area contributed by atoms with Gasteiger partial charge in [-0.15, -0.1) is 0 Å². The largest absolute Gasteiger partial charge is 0.491 e. The van der Waals surface area contributed by atoms with Gasteiger partial charge in [0.25, 0.3) is 5.91 Å². The highest BCUT2D eigenvalue weighted by molar-refractivity contribution is 6.30. The minimum atomic E-state index is -0.271. The van der Waals surface area contributed by atoms with Crippen molar-refractivity contribution in [1.29, 1.82) is 0 Å². The molecule has 1 aromatic heterocycles. The normalized spacial score (nSPS) is 10.6. The second-order valence-corrected chi connectivity index (χ2v) is 6.99. The van der Waals surface area contributed by atoms with E-state index in [1.165, 1.54) is 0 Å². The van der Waals surface area contributed by atoms with Gasteiger partial charge in [-0.25, -0.2) is 0 Å². The summed E-state index contributed by atoms with van der Waals surface area (Å²) < 4.78 is 5.60. The first-order valence-electron chi connectivity index (χ1n) is 9.02. The molecule has 144 valence electrons. The van der Waals surface area contributed by atoms with E-state index in [1.54, 1.807) is 24.4 Å². The van der Waals surface area contributed by atoms with Crippen molar-refractivity contribution in [1.82, 2.24) is 4.98 Å². The van der Waals surface area contributed by atoms with Gasteiger partial charge >= 0.3 is 0 Å². The molecule has 2 aromatic carbocycles. The molecule has 3 aromatic rings. The highest BCUT2D eigenvalue weighted by Gasteiger charge is 2.09. The van der Waals surface area contributed by atoms with Crippen LogP contribution in [0.25, 0.3) is 0 Å². The Morgan fingerprint density at radius 3 is 2.43 bits per heavy atom. The summed E-state index contributed by atoms with van der Waals surface area (Å²) in [6, 6.07) is 18.4. The SMILES string of the molecule is CC(C)Oc1ccc(NC(=O)c2cc(NCc3ccc(Cl)cc3)ccn2)cc1. The molecule has 2 N–H and O–H groups in total. The van der Waals surface area contributed by atoms with Crippen molar-refractivity contribution in [3.05, 3.63) is 83.1 Å². The van der Waals surface area contributed by atoms with Gasteiger partial charge in [-0.2, -0.15) is 0 Å². The zero-order chi connectivity index (χ0) is 19.9. The molecule has 5 nitrogen and oxygen atoms in total. The lowest BCUT2D eigenvalue weighted by molar-refractivity contribution is 0.102. The van der Waals surface area contributed by atoms with Crippen LogP contribution in [0.15, 0.2) is 66.9 Å². The van der Waals surface area contributed by atoms with E-state index in [-0.39, 0.29) is 12.0 Å². The van der Waals surface area contributed by atoms with Gasteiger partial charge in [0.05, 0.1) is 6.10 Å². The number of nitrogens with zero attached hydrogens (tertiary/aromatic N) is 1. The van der Waals surface area contributed by atoms with Crippen LogP contribution >= 0.6 is 11.6 Å². The van der Waals surface area contributed by atoms with Gasteiger partial charge in [-0.05, 0) is 67.9 Å². The molecule has 6 heteroatoms. The van der Waals surface area contributed by atoms with Gasteiger partial charge in [0.1, 0.15) is 11.4 Å². The minimum absolute atomic E-state index is 0.104. The Hall–Kier alpha value is -3.05. The molecule has 0 saturated carbocycles. The summed E-state index contributed by atoms with van der Waals surface area (Å²) in [4.78, 5) is 16.7. The molecule has 0 saturated heterocycles. The number of nitrogens with one attached hydrogen (secondary N) is 2. The van der Waals surface area contributed by atoms with Crippen molar-refractivity contribution in [2.24, 2.45) is 0 Å². The van der Waals surface area contributed by atoms with E-state index in [0.29, 0.717) is 22.9 Å². The predicted octanol–water partition coefficient (Wildman–Crippen LogP) is 5.39. The Morgan fingerprint density at radius 2 is 1.75 bits per heavy atom. The van der Waals surface area contributed by atoms with Crippen LogP contribution in [-0.4, -0.2) is 17.0 Å². The lowest BCUT2D eigenvalue weighted by atomic mass is 10.2. The van der Waals surface area contributed by atoms with Crippen molar-refractivity contribution in [2.45, 2.75) is 26.5 Å². The van der Waals surface area contributed by atoms with Crippen molar-refractivity contribution >= 4 is 28.9 Å². The number of ether oxygens (including phenoxy) is 1. The van der Waals surface area contributed by atoms with Crippen LogP contribution in [0.4, 0.5) is 11.4 Å². The molecular weight excluding hydrogens is 374 g/mol. The number of rotatable bonds is 7. The standard InChI is InChI=1S/C22H22ClN3O2/c1-15(2)28-20-9-7-18(8-10-20)26-22(27)21-13-19(11-12-24-21)25-14-16-3-5-17(23)6-4-16/h3-13,15H,14H2,1-2H3,(H,24,25)(H,26,27). The van der Waals surface area contributed by atoms with Crippen molar-refractivity contribution in [2.75, 3.05) is 10.6 Å². The Bertz CT molecular complexity index is 925.